The van der Waals surface area contributed by atoms with E-state index >= 15 is 0 Å². The summed E-state index contributed by atoms with van der Waals surface area (Å²) < 4.78 is 5.18. The number of fused-ring (bicyclic) bond motifs is 1. The maximum atomic E-state index is 11.2. The summed E-state index contributed by atoms with van der Waals surface area (Å²) in [5.41, 5.74) is 1.74. The molecule has 2 aromatic carbocycles. The predicted molar refractivity (Wildman–Crippen MR) is 78.0 cm³/mol. The Labute approximate surface area is 117 Å². The molecule has 0 bridgehead atoms. The molecule has 0 heterocycles. The first-order valence-electron chi connectivity index (χ1n) is 6.43. The largest absolute Gasteiger partial charge is 0.507 e. The lowest BCUT2D eigenvalue weighted by atomic mass is 9.91. The molecule has 0 aliphatic carbocycles. The molecule has 4 nitrogen and oxygen atoms in total. The molecule has 0 aromatic heterocycles. The van der Waals surface area contributed by atoms with Gasteiger partial charge in [0.2, 0.25) is 0 Å². The molecule has 0 radical (unpaired) electrons. The van der Waals surface area contributed by atoms with E-state index < -0.39 is 0 Å². The van der Waals surface area contributed by atoms with E-state index in [2.05, 4.69) is 0 Å². The summed E-state index contributed by atoms with van der Waals surface area (Å²) in [6, 6.07) is 3.46. The number of phenols is 2. The van der Waals surface area contributed by atoms with Gasteiger partial charge >= 0.3 is 0 Å². The molecular formula is C16H18O4. The molecule has 2 rings (SSSR count). The van der Waals surface area contributed by atoms with Gasteiger partial charge in [0.25, 0.3) is 0 Å². The second-order valence-corrected chi connectivity index (χ2v) is 5.17. The summed E-state index contributed by atoms with van der Waals surface area (Å²) in [4.78, 5) is 11.2. The fourth-order valence-electron chi connectivity index (χ4n) is 2.57. The lowest BCUT2D eigenvalue weighted by Crippen LogP contribution is -1.97. The average Bonchev–Trinajstić information content (AvgIpc) is 2.39. The minimum Gasteiger partial charge on any atom is -0.507 e. The Morgan fingerprint density at radius 3 is 2.40 bits per heavy atom. The molecule has 0 saturated carbocycles. The van der Waals surface area contributed by atoms with E-state index in [-0.39, 0.29) is 23.0 Å². The topological polar surface area (TPSA) is 66.8 Å². The van der Waals surface area contributed by atoms with E-state index in [1.54, 1.807) is 6.07 Å². The fourth-order valence-corrected chi connectivity index (χ4v) is 2.57. The van der Waals surface area contributed by atoms with Crippen molar-refractivity contribution in [1.82, 2.24) is 0 Å². The van der Waals surface area contributed by atoms with Crippen molar-refractivity contribution in [2.75, 3.05) is 7.11 Å². The Hall–Kier alpha value is -2.23. The molecule has 0 aliphatic heterocycles. The summed E-state index contributed by atoms with van der Waals surface area (Å²) in [5, 5.41) is 21.5. The minimum atomic E-state index is -0.127. The van der Waals surface area contributed by atoms with Crippen molar-refractivity contribution in [2.45, 2.75) is 26.7 Å². The van der Waals surface area contributed by atoms with Crippen LogP contribution in [0.3, 0.4) is 0 Å². The molecule has 0 saturated heterocycles. The van der Waals surface area contributed by atoms with Gasteiger partial charge < -0.3 is 14.9 Å². The third-order valence-electron chi connectivity index (χ3n) is 3.53. The zero-order valence-electron chi connectivity index (χ0n) is 12.0. The van der Waals surface area contributed by atoms with Crippen LogP contribution in [-0.2, 0) is 0 Å². The molecule has 0 aliphatic rings. The Balaban J connectivity index is 3.06. The van der Waals surface area contributed by atoms with E-state index in [4.69, 9.17) is 4.74 Å². The zero-order valence-corrected chi connectivity index (χ0v) is 12.0. The monoisotopic (exact) mass is 274 g/mol. The van der Waals surface area contributed by atoms with Gasteiger partial charge in [0, 0.05) is 5.39 Å². The summed E-state index contributed by atoms with van der Waals surface area (Å²) in [7, 11) is 1.46. The molecular weight excluding hydrogens is 256 g/mol. The number of aryl methyl sites for hydroxylation is 1. The number of ether oxygens (including phenoxy) is 1. The van der Waals surface area contributed by atoms with Crippen molar-refractivity contribution in [2.24, 2.45) is 0 Å². The highest BCUT2D eigenvalue weighted by molar-refractivity contribution is 6.07. The van der Waals surface area contributed by atoms with Gasteiger partial charge in [-0.2, -0.15) is 0 Å². The van der Waals surface area contributed by atoms with Crippen LogP contribution in [0.1, 0.15) is 41.3 Å². The molecule has 4 heteroatoms. The second-order valence-electron chi connectivity index (χ2n) is 5.17. The van der Waals surface area contributed by atoms with Crippen LogP contribution in [0, 0.1) is 6.92 Å². The normalized spacial score (nSPS) is 11.1. The van der Waals surface area contributed by atoms with Crippen molar-refractivity contribution in [3.8, 4) is 17.2 Å². The van der Waals surface area contributed by atoms with Crippen LogP contribution >= 0.6 is 0 Å². The summed E-state index contributed by atoms with van der Waals surface area (Å²) in [6.07, 6.45) is 0.552. The average molecular weight is 274 g/mol. The number of carbonyl (C=O) groups excluding carboxylic acids is 1. The van der Waals surface area contributed by atoms with Crippen LogP contribution in [0.25, 0.3) is 10.8 Å². The first-order valence-corrected chi connectivity index (χ1v) is 6.43. The number of aldehydes is 1. The highest BCUT2D eigenvalue weighted by Crippen LogP contribution is 2.44. The van der Waals surface area contributed by atoms with Crippen LogP contribution in [0.2, 0.25) is 0 Å². The number of hydrogen-bond donors (Lipinski definition) is 2. The molecule has 2 aromatic rings. The molecule has 106 valence electrons. The van der Waals surface area contributed by atoms with Gasteiger partial charge in [0.05, 0.1) is 12.7 Å². The Morgan fingerprint density at radius 1 is 1.25 bits per heavy atom. The Bertz CT molecular complexity index is 687. The number of hydrogen-bond acceptors (Lipinski definition) is 4. The maximum absolute atomic E-state index is 11.2. The predicted octanol–water partition coefficient (Wildman–Crippen LogP) is 3.50. The van der Waals surface area contributed by atoms with E-state index in [1.165, 1.54) is 7.11 Å². The third kappa shape index (κ3) is 1.97. The highest BCUT2D eigenvalue weighted by Gasteiger charge is 2.20. The standard InChI is InChI=1S/C16H18O4/c1-8(2)10-6-13(18)12(7-17)14-11(10)5-9(3)16(20-4)15(14)19/h5-8,18-19H,1-4H3. The van der Waals surface area contributed by atoms with Gasteiger partial charge in [-0.3, -0.25) is 4.79 Å². The number of aromatic hydroxyl groups is 2. The second kappa shape index (κ2) is 5.04. The van der Waals surface area contributed by atoms with Crippen molar-refractivity contribution in [3.63, 3.8) is 0 Å². The Kier molecular flexibility index (Phi) is 3.57. The molecule has 2 N–H and O–H groups in total. The minimum absolute atomic E-state index is 0.0835. The number of carbonyl (C=O) groups is 1. The van der Waals surface area contributed by atoms with Gasteiger partial charge in [-0.15, -0.1) is 0 Å². The number of phenolic OH excluding ortho intramolecular Hbond substituents is 2. The van der Waals surface area contributed by atoms with Gasteiger partial charge in [-0.25, -0.2) is 0 Å². The lowest BCUT2D eigenvalue weighted by Gasteiger charge is -2.17. The Morgan fingerprint density at radius 2 is 1.90 bits per heavy atom. The van der Waals surface area contributed by atoms with Crippen molar-refractivity contribution >= 4 is 17.1 Å². The molecule has 0 fully saturated rings. The third-order valence-corrected chi connectivity index (χ3v) is 3.53. The molecule has 0 unspecified atom stereocenters. The highest BCUT2D eigenvalue weighted by atomic mass is 16.5. The van der Waals surface area contributed by atoms with Crippen LogP contribution < -0.4 is 4.74 Å². The summed E-state index contributed by atoms with van der Waals surface area (Å²) in [6.45, 7) is 5.81. The first kappa shape index (κ1) is 14.2. The van der Waals surface area contributed by atoms with Gasteiger partial charge in [-0.1, -0.05) is 13.8 Å². The molecule has 20 heavy (non-hydrogen) atoms. The fraction of sp³-hybridized carbons (Fsp3) is 0.312. The van der Waals surface area contributed by atoms with Gasteiger partial charge in [0.1, 0.15) is 5.75 Å². The van der Waals surface area contributed by atoms with Crippen molar-refractivity contribution in [3.05, 3.63) is 28.8 Å². The number of methoxy groups -OCH3 is 1. The van der Waals surface area contributed by atoms with Gasteiger partial charge in [-0.05, 0) is 41.5 Å². The summed E-state index contributed by atoms with van der Waals surface area (Å²) in [5.74, 6) is 0.233. The number of rotatable bonds is 3. The molecule has 0 amide bonds. The molecule has 0 spiro atoms. The van der Waals surface area contributed by atoms with E-state index in [0.717, 1.165) is 16.5 Å². The van der Waals surface area contributed by atoms with Crippen LogP contribution in [0.4, 0.5) is 0 Å². The SMILES string of the molecule is COc1c(C)cc2c(C(C)C)cc(O)c(C=O)c2c1O. The van der Waals surface area contributed by atoms with Crippen LogP contribution in [-0.4, -0.2) is 23.6 Å². The van der Waals surface area contributed by atoms with E-state index in [9.17, 15) is 15.0 Å². The first-order chi connectivity index (χ1) is 9.42. The smallest absolute Gasteiger partial charge is 0.166 e. The quantitative estimate of drug-likeness (QED) is 0.841. The van der Waals surface area contributed by atoms with E-state index in [1.807, 2.05) is 26.8 Å². The zero-order chi connectivity index (χ0) is 15.0. The van der Waals surface area contributed by atoms with Crippen LogP contribution in [0.15, 0.2) is 12.1 Å². The number of benzene rings is 2. The van der Waals surface area contributed by atoms with Crippen LogP contribution in [0.5, 0.6) is 17.2 Å². The lowest BCUT2D eigenvalue weighted by molar-refractivity contribution is 0.112. The van der Waals surface area contributed by atoms with E-state index in [0.29, 0.717) is 17.4 Å². The summed E-state index contributed by atoms with van der Waals surface area (Å²) >= 11 is 0. The van der Waals surface area contributed by atoms with Crippen molar-refractivity contribution < 1.29 is 19.7 Å². The molecule has 0 atom stereocenters. The van der Waals surface area contributed by atoms with Gasteiger partial charge in [0.15, 0.2) is 17.8 Å². The maximum Gasteiger partial charge on any atom is 0.166 e. The van der Waals surface area contributed by atoms with Crippen molar-refractivity contribution in [1.29, 1.82) is 0 Å².